The van der Waals surface area contributed by atoms with Crippen LogP contribution >= 0.6 is 11.8 Å². The minimum atomic E-state index is -1.28. The number of unbranched alkanes of at least 4 members (excludes halogenated alkanes) is 7. The molecule has 0 saturated carbocycles. The molecule has 7 heteroatoms. The highest BCUT2D eigenvalue weighted by molar-refractivity contribution is 7.99. The van der Waals surface area contributed by atoms with E-state index < -0.39 is 18.0 Å². The Balaban J connectivity index is 2.57. The number of thioether (sulfide) groups is 1. The van der Waals surface area contributed by atoms with Crippen LogP contribution in [0.4, 0.5) is 10.5 Å². The van der Waals surface area contributed by atoms with Gasteiger partial charge in [-0.25, -0.2) is 9.69 Å². The number of para-hydroxylation sites is 1. The SMILES string of the molecule is CCCCCCCCCCC(=O)N(C(=O)O)c1ccccc1SCCCC(=O)O. The molecule has 0 aliphatic rings. The largest absolute Gasteiger partial charge is 0.481 e. The topological polar surface area (TPSA) is 94.9 Å². The number of hydrogen-bond donors (Lipinski definition) is 2. The highest BCUT2D eigenvalue weighted by atomic mass is 32.2. The quantitative estimate of drug-likeness (QED) is 0.258. The van der Waals surface area contributed by atoms with Crippen molar-refractivity contribution >= 4 is 35.4 Å². The second-order valence-electron chi connectivity index (χ2n) is 7.05. The summed E-state index contributed by atoms with van der Waals surface area (Å²) in [6, 6.07) is 6.88. The number of carboxylic acid groups (broad SMARTS) is 2. The summed E-state index contributed by atoms with van der Waals surface area (Å²) in [5, 5.41) is 18.3. The summed E-state index contributed by atoms with van der Waals surface area (Å²) in [6.45, 7) is 2.19. The van der Waals surface area contributed by atoms with Crippen LogP contribution in [0.5, 0.6) is 0 Å². The summed E-state index contributed by atoms with van der Waals surface area (Å²) in [6.07, 6.45) is 8.26. The molecule has 6 nitrogen and oxygen atoms in total. The first kappa shape index (κ1) is 25.0. The number of aliphatic carboxylic acids is 1. The molecular weight excluding hydrogens is 390 g/mol. The fourth-order valence-corrected chi connectivity index (χ4v) is 4.03. The molecule has 0 unspecified atom stereocenters. The normalized spacial score (nSPS) is 10.7. The lowest BCUT2D eigenvalue weighted by molar-refractivity contribution is -0.137. The van der Waals surface area contributed by atoms with E-state index in [-0.39, 0.29) is 12.8 Å². The van der Waals surface area contributed by atoms with E-state index >= 15 is 0 Å². The molecule has 1 aromatic rings. The van der Waals surface area contributed by atoms with Gasteiger partial charge in [0.15, 0.2) is 0 Å². The van der Waals surface area contributed by atoms with Crippen molar-refractivity contribution in [3.63, 3.8) is 0 Å². The van der Waals surface area contributed by atoms with Gasteiger partial charge in [-0.1, -0.05) is 64.0 Å². The average Bonchev–Trinajstić information content (AvgIpc) is 2.68. The third-order valence-corrected chi connectivity index (χ3v) is 5.73. The monoisotopic (exact) mass is 423 g/mol. The molecule has 0 bridgehead atoms. The summed E-state index contributed by atoms with van der Waals surface area (Å²) in [5.41, 5.74) is 0.352. The van der Waals surface area contributed by atoms with Crippen LogP contribution in [0.1, 0.15) is 77.6 Å². The fraction of sp³-hybridized carbons (Fsp3) is 0.591. The summed E-state index contributed by atoms with van der Waals surface area (Å²) >= 11 is 1.37. The van der Waals surface area contributed by atoms with Crippen molar-refractivity contribution in [2.24, 2.45) is 0 Å². The Bertz CT molecular complexity index is 650. The van der Waals surface area contributed by atoms with Crippen molar-refractivity contribution in [1.82, 2.24) is 0 Å². The van der Waals surface area contributed by atoms with E-state index in [9.17, 15) is 19.5 Å². The molecule has 0 aliphatic heterocycles. The molecule has 0 radical (unpaired) electrons. The minimum Gasteiger partial charge on any atom is -0.481 e. The second kappa shape index (κ2) is 14.9. The van der Waals surface area contributed by atoms with E-state index in [2.05, 4.69) is 6.92 Å². The zero-order chi connectivity index (χ0) is 21.5. The maximum Gasteiger partial charge on any atom is 0.418 e. The Morgan fingerprint density at radius 2 is 1.48 bits per heavy atom. The maximum atomic E-state index is 12.6. The molecule has 1 rings (SSSR count). The smallest absolute Gasteiger partial charge is 0.418 e. The molecule has 0 saturated heterocycles. The van der Waals surface area contributed by atoms with Crippen LogP contribution in [0, 0.1) is 0 Å². The first-order chi connectivity index (χ1) is 14.0. The molecule has 2 amide bonds. The lowest BCUT2D eigenvalue weighted by Crippen LogP contribution is -2.36. The lowest BCUT2D eigenvalue weighted by Gasteiger charge is -2.20. The van der Waals surface area contributed by atoms with E-state index in [4.69, 9.17) is 5.11 Å². The third kappa shape index (κ3) is 10.4. The average molecular weight is 424 g/mol. The fourth-order valence-electron chi connectivity index (χ4n) is 3.04. The molecule has 0 spiro atoms. The second-order valence-corrected chi connectivity index (χ2v) is 8.19. The van der Waals surface area contributed by atoms with Gasteiger partial charge in [0.2, 0.25) is 5.91 Å². The number of nitrogens with zero attached hydrogens (tertiary/aromatic N) is 1. The van der Waals surface area contributed by atoms with E-state index in [1.165, 1.54) is 37.4 Å². The highest BCUT2D eigenvalue weighted by Gasteiger charge is 2.24. The van der Waals surface area contributed by atoms with Crippen LogP contribution in [0.3, 0.4) is 0 Å². The van der Waals surface area contributed by atoms with Crippen LogP contribution in [-0.2, 0) is 9.59 Å². The van der Waals surface area contributed by atoms with Gasteiger partial charge >= 0.3 is 12.1 Å². The first-order valence-corrected chi connectivity index (χ1v) is 11.5. The van der Waals surface area contributed by atoms with Crippen LogP contribution in [0.25, 0.3) is 0 Å². The number of imide groups is 1. The van der Waals surface area contributed by atoms with Crippen LogP contribution in [0.15, 0.2) is 29.2 Å². The Hall–Kier alpha value is -2.02. The van der Waals surface area contributed by atoms with Crippen molar-refractivity contribution in [3.05, 3.63) is 24.3 Å². The van der Waals surface area contributed by atoms with Crippen molar-refractivity contribution in [2.45, 2.75) is 82.4 Å². The minimum absolute atomic E-state index is 0.0647. The van der Waals surface area contributed by atoms with Gasteiger partial charge in [0.1, 0.15) is 0 Å². The van der Waals surface area contributed by atoms with Gasteiger partial charge in [0, 0.05) is 17.7 Å². The molecule has 29 heavy (non-hydrogen) atoms. The number of benzene rings is 1. The van der Waals surface area contributed by atoms with Gasteiger partial charge < -0.3 is 10.2 Å². The predicted octanol–water partition coefficient (Wildman–Crippen LogP) is 6.19. The van der Waals surface area contributed by atoms with Gasteiger partial charge in [-0.2, -0.15) is 0 Å². The van der Waals surface area contributed by atoms with Crippen LogP contribution in [-0.4, -0.2) is 33.9 Å². The number of amides is 2. The zero-order valence-corrected chi connectivity index (χ0v) is 18.1. The molecule has 0 heterocycles. The zero-order valence-electron chi connectivity index (χ0n) is 17.3. The summed E-state index contributed by atoms with van der Waals surface area (Å²) in [5.74, 6) is -0.725. The van der Waals surface area contributed by atoms with Gasteiger partial charge in [0.05, 0.1) is 5.69 Å². The summed E-state index contributed by atoms with van der Waals surface area (Å²) in [4.78, 5) is 36.5. The Labute approximate surface area is 177 Å². The predicted molar refractivity (Wildman–Crippen MR) is 117 cm³/mol. The van der Waals surface area contributed by atoms with E-state index in [0.717, 1.165) is 24.2 Å². The number of anilines is 1. The van der Waals surface area contributed by atoms with Crippen molar-refractivity contribution < 1.29 is 24.6 Å². The van der Waals surface area contributed by atoms with Gasteiger partial charge in [-0.15, -0.1) is 11.8 Å². The number of carboxylic acids is 1. The molecular formula is C22H33NO5S. The van der Waals surface area contributed by atoms with Crippen LogP contribution < -0.4 is 4.90 Å². The molecule has 0 fully saturated rings. The lowest BCUT2D eigenvalue weighted by atomic mass is 10.1. The Kier molecular flexibility index (Phi) is 12.9. The molecule has 2 N–H and O–H groups in total. The Morgan fingerprint density at radius 1 is 0.862 bits per heavy atom. The first-order valence-electron chi connectivity index (χ1n) is 10.5. The summed E-state index contributed by atoms with van der Waals surface area (Å²) in [7, 11) is 0. The maximum absolute atomic E-state index is 12.6. The van der Waals surface area contributed by atoms with Crippen molar-refractivity contribution in [1.29, 1.82) is 0 Å². The highest BCUT2D eigenvalue weighted by Crippen LogP contribution is 2.31. The van der Waals surface area contributed by atoms with Crippen molar-refractivity contribution in [2.75, 3.05) is 10.7 Å². The number of rotatable bonds is 15. The molecule has 162 valence electrons. The number of hydrogen-bond acceptors (Lipinski definition) is 4. The third-order valence-electron chi connectivity index (χ3n) is 4.58. The number of carbonyl (C=O) groups is 3. The van der Waals surface area contributed by atoms with Crippen LogP contribution in [0.2, 0.25) is 0 Å². The molecule has 1 aromatic carbocycles. The van der Waals surface area contributed by atoms with Gasteiger partial charge in [-0.3, -0.25) is 9.59 Å². The molecule has 0 aromatic heterocycles. The standard InChI is InChI=1S/C22H33NO5S/c1-2-3-4-5-6-7-8-9-15-20(24)23(22(27)28)18-13-10-11-14-19(18)29-17-12-16-21(25)26/h10-11,13-14H,2-9,12,15-17H2,1H3,(H,25,26)(H,27,28). The van der Waals surface area contributed by atoms with E-state index in [1.807, 2.05) is 0 Å². The van der Waals surface area contributed by atoms with E-state index in [0.29, 0.717) is 29.2 Å². The van der Waals surface area contributed by atoms with Gasteiger partial charge in [-0.05, 0) is 30.7 Å². The molecule has 0 atom stereocenters. The Morgan fingerprint density at radius 3 is 2.10 bits per heavy atom. The summed E-state index contributed by atoms with van der Waals surface area (Å²) < 4.78 is 0. The molecule has 0 aliphatic carbocycles. The van der Waals surface area contributed by atoms with Gasteiger partial charge in [0.25, 0.3) is 0 Å². The number of carbonyl (C=O) groups excluding carboxylic acids is 1. The van der Waals surface area contributed by atoms with Crippen molar-refractivity contribution in [3.8, 4) is 0 Å². The van der Waals surface area contributed by atoms with E-state index in [1.54, 1.807) is 24.3 Å².